The lowest BCUT2D eigenvalue weighted by Gasteiger charge is -2.12. The number of aromatic hydroxyl groups is 1. The predicted octanol–water partition coefficient (Wildman–Crippen LogP) is 2.67. The molecule has 0 spiro atoms. The smallest absolute Gasteiger partial charge is 0.358 e. The summed E-state index contributed by atoms with van der Waals surface area (Å²) in [6, 6.07) is 10.4. The zero-order valence-corrected chi connectivity index (χ0v) is 16.1. The molecule has 0 aliphatic rings. The maximum atomic E-state index is 13.1. The summed E-state index contributed by atoms with van der Waals surface area (Å²) in [7, 11) is 1.59. The van der Waals surface area contributed by atoms with Gasteiger partial charge in [-0.25, -0.2) is 4.79 Å². The Morgan fingerprint density at radius 2 is 1.82 bits per heavy atom. The van der Waals surface area contributed by atoms with Crippen molar-refractivity contribution in [3.8, 4) is 5.75 Å². The number of carbonyl (C=O) groups excluding carboxylic acids is 2. The molecule has 1 aromatic carbocycles. The fourth-order valence-corrected chi connectivity index (χ4v) is 3.33. The summed E-state index contributed by atoms with van der Waals surface area (Å²) in [6.07, 6.45) is 0.508. The van der Waals surface area contributed by atoms with Crippen molar-refractivity contribution < 1.29 is 19.4 Å². The number of ether oxygens (including phenoxy) is 1. The van der Waals surface area contributed by atoms with Crippen LogP contribution >= 0.6 is 0 Å². The van der Waals surface area contributed by atoms with Crippen molar-refractivity contribution in [1.29, 1.82) is 0 Å². The van der Waals surface area contributed by atoms with E-state index in [-0.39, 0.29) is 30.0 Å². The van der Waals surface area contributed by atoms with E-state index in [9.17, 15) is 19.5 Å². The SMILES string of the molecule is CCOC(=O)c1c(O)c2c(=O)n(CC(=O)c3ccccc3)c(CC)cc2n1C. The molecular formula is C21H22N2O5. The molecule has 0 aliphatic carbocycles. The quantitative estimate of drug-likeness (QED) is 0.523. The van der Waals surface area contributed by atoms with Gasteiger partial charge in [0.05, 0.1) is 18.7 Å². The molecule has 7 heteroatoms. The molecule has 0 atom stereocenters. The largest absolute Gasteiger partial charge is 0.505 e. The molecule has 146 valence electrons. The lowest BCUT2D eigenvalue weighted by atomic mass is 10.1. The van der Waals surface area contributed by atoms with E-state index in [4.69, 9.17) is 4.74 Å². The van der Waals surface area contributed by atoms with Crippen LogP contribution in [0, 0.1) is 0 Å². The second kappa shape index (κ2) is 7.72. The highest BCUT2D eigenvalue weighted by Crippen LogP contribution is 2.30. The molecule has 28 heavy (non-hydrogen) atoms. The van der Waals surface area contributed by atoms with E-state index in [1.165, 1.54) is 9.13 Å². The van der Waals surface area contributed by atoms with Crippen LogP contribution in [0.1, 0.15) is 40.4 Å². The fourth-order valence-electron chi connectivity index (χ4n) is 3.33. The lowest BCUT2D eigenvalue weighted by molar-refractivity contribution is 0.0512. The van der Waals surface area contributed by atoms with Gasteiger partial charge in [-0.05, 0) is 19.4 Å². The number of pyridine rings is 1. The first-order valence-electron chi connectivity index (χ1n) is 9.10. The van der Waals surface area contributed by atoms with Gasteiger partial charge in [-0.3, -0.25) is 9.59 Å². The van der Waals surface area contributed by atoms with Crippen molar-refractivity contribution in [3.05, 3.63) is 63.7 Å². The molecule has 7 nitrogen and oxygen atoms in total. The normalized spacial score (nSPS) is 11.0. The number of fused-ring (bicyclic) bond motifs is 1. The first-order valence-corrected chi connectivity index (χ1v) is 9.10. The Bertz CT molecular complexity index is 1110. The second-order valence-electron chi connectivity index (χ2n) is 6.41. The Labute approximate surface area is 161 Å². The number of hydrogen-bond acceptors (Lipinski definition) is 5. The number of esters is 1. The van der Waals surface area contributed by atoms with Gasteiger partial charge in [0, 0.05) is 18.3 Å². The first kappa shape index (κ1) is 19.4. The number of carbonyl (C=O) groups is 2. The molecule has 3 aromatic rings. The molecule has 0 radical (unpaired) electrons. The van der Waals surface area contributed by atoms with Crippen LogP contribution in [0.5, 0.6) is 5.75 Å². The van der Waals surface area contributed by atoms with Crippen LogP contribution in [0.3, 0.4) is 0 Å². The minimum Gasteiger partial charge on any atom is -0.505 e. The van der Waals surface area contributed by atoms with E-state index in [0.29, 0.717) is 23.2 Å². The summed E-state index contributed by atoms with van der Waals surface area (Å²) in [5, 5.41) is 10.6. The van der Waals surface area contributed by atoms with Crippen LogP contribution in [0.4, 0.5) is 0 Å². The van der Waals surface area contributed by atoms with Gasteiger partial charge in [0.15, 0.2) is 17.2 Å². The molecule has 0 unspecified atom stereocenters. The lowest BCUT2D eigenvalue weighted by Crippen LogP contribution is -2.27. The minimum atomic E-state index is -0.705. The zero-order chi connectivity index (χ0) is 20.4. The number of Topliss-reactive ketones (excluding diaryl/α,β-unsaturated/α-hetero) is 1. The van der Waals surface area contributed by atoms with Crippen molar-refractivity contribution in [2.75, 3.05) is 6.61 Å². The summed E-state index contributed by atoms with van der Waals surface area (Å²) in [4.78, 5) is 38.0. The molecular weight excluding hydrogens is 360 g/mol. The van der Waals surface area contributed by atoms with Gasteiger partial charge < -0.3 is 19.0 Å². The van der Waals surface area contributed by atoms with Crippen LogP contribution in [0.2, 0.25) is 0 Å². The van der Waals surface area contributed by atoms with E-state index >= 15 is 0 Å². The highest BCUT2D eigenvalue weighted by molar-refractivity contribution is 6.01. The molecule has 0 bridgehead atoms. The van der Waals surface area contributed by atoms with Crippen molar-refractivity contribution in [1.82, 2.24) is 9.13 Å². The average molecular weight is 382 g/mol. The van der Waals surface area contributed by atoms with E-state index in [1.54, 1.807) is 44.3 Å². The van der Waals surface area contributed by atoms with Crippen LogP contribution < -0.4 is 5.56 Å². The molecule has 0 aliphatic heterocycles. The number of aromatic nitrogens is 2. The van der Waals surface area contributed by atoms with Gasteiger partial charge >= 0.3 is 5.97 Å². The number of hydrogen-bond donors (Lipinski definition) is 1. The van der Waals surface area contributed by atoms with Crippen molar-refractivity contribution in [2.45, 2.75) is 26.8 Å². The third kappa shape index (κ3) is 3.19. The van der Waals surface area contributed by atoms with Crippen LogP contribution in [0.15, 0.2) is 41.2 Å². The van der Waals surface area contributed by atoms with Crippen LogP contribution in [0.25, 0.3) is 10.9 Å². The van der Waals surface area contributed by atoms with E-state index < -0.39 is 17.3 Å². The highest BCUT2D eigenvalue weighted by atomic mass is 16.5. The zero-order valence-electron chi connectivity index (χ0n) is 16.1. The maximum absolute atomic E-state index is 13.1. The number of aryl methyl sites for hydroxylation is 2. The summed E-state index contributed by atoms with van der Waals surface area (Å²) >= 11 is 0. The topological polar surface area (TPSA) is 90.5 Å². The van der Waals surface area contributed by atoms with Crippen LogP contribution in [-0.4, -0.2) is 32.6 Å². The Kier molecular flexibility index (Phi) is 5.35. The molecule has 0 saturated carbocycles. The van der Waals surface area contributed by atoms with Gasteiger partial charge in [-0.1, -0.05) is 37.3 Å². The Hall–Kier alpha value is -3.35. The predicted molar refractivity (Wildman–Crippen MR) is 105 cm³/mol. The maximum Gasteiger partial charge on any atom is 0.358 e. The molecule has 2 heterocycles. The first-order chi connectivity index (χ1) is 13.4. The van der Waals surface area contributed by atoms with E-state index in [1.807, 2.05) is 13.0 Å². The highest BCUT2D eigenvalue weighted by Gasteiger charge is 2.26. The Morgan fingerprint density at radius 1 is 1.14 bits per heavy atom. The molecule has 0 fully saturated rings. The van der Waals surface area contributed by atoms with Gasteiger partial charge in [0.2, 0.25) is 0 Å². The minimum absolute atomic E-state index is 0.00335. The van der Waals surface area contributed by atoms with Gasteiger partial charge in [-0.15, -0.1) is 0 Å². The second-order valence-corrected chi connectivity index (χ2v) is 6.41. The average Bonchev–Trinajstić information content (AvgIpc) is 2.94. The number of benzene rings is 1. The summed E-state index contributed by atoms with van der Waals surface area (Å²) in [5.41, 5.74) is 0.968. The molecule has 2 aromatic heterocycles. The number of ketones is 1. The molecule has 3 rings (SSSR count). The van der Waals surface area contributed by atoms with Crippen LogP contribution in [-0.2, 0) is 24.8 Å². The third-order valence-electron chi connectivity index (χ3n) is 4.75. The Balaban J connectivity index is 2.18. The van der Waals surface area contributed by atoms with Gasteiger partial charge in [0.1, 0.15) is 5.39 Å². The van der Waals surface area contributed by atoms with Crippen molar-refractivity contribution in [3.63, 3.8) is 0 Å². The van der Waals surface area contributed by atoms with Crippen molar-refractivity contribution >= 4 is 22.7 Å². The number of rotatable bonds is 6. The summed E-state index contributed by atoms with van der Waals surface area (Å²) < 4.78 is 7.79. The molecule has 1 N–H and O–H groups in total. The van der Waals surface area contributed by atoms with Gasteiger partial charge in [-0.2, -0.15) is 0 Å². The van der Waals surface area contributed by atoms with Crippen molar-refractivity contribution in [2.24, 2.45) is 7.05 Å². The van der Waals surface area contributed by atoms with Gasteiger partial charge in [0.25, 0.3) is 5.56 Å². The fraction of sp³-hybridized carbons (Fsp3) is 0.286. The molecule has 0 amide bonds. The Morgan fingerprint density at radius 3 is 2.43 bits per heavy atom. The number of nitrogens with zero attached hydrogens (tertiary/aromatic N) is 2. The third-order valence-corrected chi connectivity index (χ3v) is 4.75. The monoisotopic (exact) mass is 382 g/mol. The summed E-state index contributed by atoms with van der Waals surface area (Å²) in [6.45, 7) is 3.54. The van der Waals surface area contributed by atoms with E-state index in [2.05, 4.69) is 0 Å². The van der Waals surface area contributed by atoms with E-state index in [0.717, 1.165) is 0 Å². The molecule has 0 saturated heterocycles. The summed E-state index contributed by atoms with van der Waals surface area (Å²) in [5.74, 6) is -1.34. The standard InChI is InChI=1S/C21H22N2O5/c1-4-14-11-15-17(19(25)18(22(15)3)21(27)28-5-2)20(26)23(14)12-16(24)13-9-7-6-8-10-13/h6-11,25H,4-5,12H2,1-3H3.